The minimum Gasteiger partial charge on any atom is -0.463 e. The fourth-order valence-electron chi connectivity index (χ4n) is 1.53. The molecule has 0 amide bonds. The van der Waals surface area contributed by atoms with E-state index in [1.54, 1.807) is 6.08 Å². The summed E-state index contributed by atoms with van der Waals surface area (Å²) in [6.45, 7) is 8.93. The SMILES string of the molecule is CCCCOC(=O)/C=C/c1ccccc1.CCOCC.OCCOCCO. The molecule has 1 aromatic rings. The van der Waals surface area contributed by atoms with Crippen molar-refractivity contribution >= 4 is 12.0 Å². The van der Waals surface area contributed by atoms with Crippen molar-refractivity contribution in [3.63, 3.8) is 0 Å². The van der Waals surface area contributed by atoms with Gasteiger partial charge in [0.2, 0.25) is 0 Å². The van der Waals surface area contributed by atoms with Gasteiger partial charge in [0, 0.05) is 19.3 Å². The lowest BCUT2D eigenvalue weighted by molar-refractivity contribution is -0.137. The highest BCUT2D eigenvalue weighted by Gasteiger charge is 1.95. The van der Waals surface area contributed by atoms with Crippen LogP contribution >= 0.6 is 0 Å². The van der Waals surface area contributed by atoms with E-state index in [9.17, 15) is 4.79 Å². The Labute approximate surface area is 163 Å². The highest BCUT2D eigenvalue weighted by Crippen LogP contribution is 2.01. The Hall–Kier alpha value is -1.73. The fourth-order valence-corrected chi connectivity index (χ4v) is 1.53. The van der Waals surface area contributed by atoms with E-state index in [0.29, 0.717) is 19.8 Å². The van der Waals surface area contributed by atoms with Crippen LogP contribution in [0.2, 0.25) is 0 Å². The minimum absolute atomic E-state index is 0.0278. The van der Waals surface area contributed by atoms with Gasteiger partial charge in [0.15, 0.2) is 0 Å². The molecule has 0 saturated carbocycles. The molecule has 0 saturated heterocycles. The lowest BCUT2D eigenvalue weighted by atomic mass is 10.2. The van der Waals surface area contributed by atoms with Crippen molar-refractivity contribution in [2.24, 2.45) is 0 Å². The van der Waals surface area contributed by atoms with Crippen molar-refractivity contribution in [3.8, 4) is 0 Å². The van der Waals surface area contributed by atoms with Gasteiger partial charge in [0.05, 0.1) is 33.0 Å². The van der Waals surface area contributed by atoms with Crippen molar-refractivity contribution in [1.29, 1.82) is 0 Å². The summed E-state index contributed by atoms with van der Waals surface area (Å²) in [7, 11) is 0. The standard InChI is InChI=1S/C13H16O2.C4H10O3.C4H10O/c1-2-3-11-15-13(14)10-9-12-7-5-4-6-8-12;5-1-3-7-4-2-6;1-3-5-4-2/h4-10H,2-3,11H2,1H3;5-6H,1-4H2;3-4H2,1-2H3/b10-9+;;. The zero-order valence-electron chi connectivity index (χ0n) is 16.9. The first-order chi connectivity index (χ1) is 13.2. The number of aliphatic hydroxyl groups is 2. The monoisotopic (exact) mass is 384 g/mol. The summed E-state index contributed by atoms with van der Waals surface area (Å²) in [5.74, 6) is -0.271. The first-order valence-electron chi connectivity index (χ1n) is 9.43. The average molecular weight is 385 g/mol. The van der Waals surface area contributed by atoms with Gasteiger partial charge in [-0.05, 0) is 31.9 Å². The third-order valence-electron chi connectivity index (χ3n) is 2.83. The van der Waals surface area contributed by atoms with E-state index in [0.717, 1.165) is 31.6 Å². The number of aliphatic hydroxyl groups excluding tert-OH is 2. The third kappa shape index (κ3) is 24.3. The molecule has 6 nitrogen and oxygen atoms in total. The van der Waals surface area contributed by atoms with Gasteiger partial charge in [-0.25, -0.2) is 4.79 Å². The number of carbonyl (C=O) groups excluding carboxylic acids is 1. The van der Waals surface area contributed by atoms with Gasteiger partial charge in [0.1, 0.15) is 0 Å². The van der Waals surface area contributed by atoms with E-state index in [1.807, 2.05) is 44.2 Å². The zero-order valence-corrected chi connectivity index (χ0v) is 16.9. The summed E-state index contributed by atoms with van der Waals surface area (Å²) < 4.78 is 14.4. The van der Waals surface area contributed by atoms with E-state index in [2.05, 4.69) is 11.7 Å². The average Bonchev–Trinajstić information content (AvgIpc) is 2.69. The Balaban J connectivity index is 0. The highest BCUT2D eigenvalue weighted by molar-refractivity contribution is 5.86. The molecule has 0 aromatic heterocycles. The van der Waals surface area contributed by atoms with Crippen LogP contribution in [0.25, 0.3) is 6.08 Å². The molecule has 0 spiro atoms. The van der Waals surface area contributed by atoms with Crippen LogP contribution in [-0.2, 0) is 19.0 Å². The van der Waals surface area contributed by atoms with Crippen LogP contribution in [0.5, 0.6) is 0 Å². The smallest absolute Gasteiger partial charge is 0.330 e. The maximum Gasteiger partial charge on any atom is 0.330 e. The summed E-state index contributed by atoms with van der Waals surface area (Å²) in [5.41, 5.74) is 1.00. The van der Waals surface area contributed by atoms with Crippen molar-refractivity contribution < 1.29 is 29.2 Å². The molecule has 27 heavy (non-hydrogen) atoms. The molecule has 0 aliphatic heterocycles. The molecule has 1 rings (SSSR count). The maximum atomic E-state index is 11.2. The Morgan fingerprint density at radius 1 is 0.926 bits per heavy atom. The maximum absolute atomic E-state index is 11.2. The zero-order chi connectivity index (χ0) is 20.6. The molecule has 0 bridgehead atoms. The number of hydrogen-bond donors (Lipinski definition) is 2. The van der Waals surface area contributed by atoms with Crippen molar-refractivity contribution in [2.75, 3.05) is 46.2 Å². The summed E-state index contributed by atoms with van der Waals surface area (Å²) in [6.07, 6.45) is 5.18. The van der Waals surface area contributed by atoms with Crippen molar-refractivity contribution in [3.05, 3.63) is 42.0 Å². The fraction of sp³-hybridized carbons (Fsp3) is 0.571. The topological polar surface area (TPSA) is 85.2 Å². The number of esters is 1. The van der Waals surface area contributed by atoms with Gasteiger partial charge >= 0.3 is 5.97 Å². The Kier molecular flexibility index (Phi) is 24.7. The predicted octanol–water partition coefficient (Wildman–Crippen LogP) is 3.07. The van der Waals surface area contributed by atoms with E-state index in [-0.39, 0.29) is 19.2 Å². The molecule has 0 aliphatic rings. The van der Waals surface area contributed by atoms with Gasteiger partial charge in [-0.3, -0.25) is 0 Å². The molecular formula is C21H36O6. The van der Waals surface area contributed by atoms with Crippen LogP contribution in [0.1, 0.15) is 39.2 Å². The quantitative estimate of drug-likeness (QED) is 0.346. The van der Waals surface area contributed by atoms with E-state index in [1.165, 1.54) is 6.08 Å². The third-order valence-corrected chi connectivity index (χ3v) is 2.83. The molecule has 0 unspecified atom stereocenters. The van der Waals surface area contributed by atoms with Crippen LogP contribution in [0.15, 0.2) is 36.4 Å². The van der Waals surface area contributed by atoms with Crippen LogP contribution in [0, 0.1) is 0 Å². The van der Waals surface area contributed by atoms with Crippen molar-refractivity contribution in [1.82, 2.24) is 0 Å². The van der Waals surface area contributed by atoms with Gasteiger partial charge in [-0.15, -0.1) is 0 Å². The highest BCUT2D eigenvalue weighted by atomic mass is 16.5. The Morgan fingerprint density at radius 3 is 1.96 bits per heavy atom. The van der Waals surface area contributed by atoms with Gasteiger partial charge < -0.3 is 24.4 Å². The first kappa shape index (κ1) is 27.5. The van der Waals surface area contributed by atoms with E-state index in [4.69, 9.17) is 19.7 Å². The molecule has 6 heteroatoms. The van der Waals surface area contributed by atoms with Crippen LogP contribution < -0.4 is 0 Å². The molecule has 1 aromatic carbocycles. The molecule has 156 valence electrons. The molecule has 0 radical (unpaired) electrons. The number of rotatable bonds is 11. The lowest BCUT2D eigenvalue weighted by Crippen LogP contribution is -2.03. The summed E-state index contributed by atoms with van der Waals surface area (Å²) in [6, 6.07) is 9.69. The molecule has 0 atom stereocenters. The summed E-state index contributed by atoms with van der Waals surface area (Å²) in [4.78, 5) is 11.2. The van der Waals surface area contributed by atoms with Gasteiger partial charge in [-0.1, -0.05) is 43.7 Å². The lowest BCUT2D eigenvalue weighted by Gasteiger charge is -1.98. The number of ether oxygens (including phenoxy) is 3. The second-order valence-corrected chi connectivity index (χ2v) is 5.11. The van der Waals surface area contributed by atoms with E-state index < -0.39 is 0 Å². The van der Waals surface area contributed by atoms with Gasteiger partial charge in [0.25, 0.3) is 0 Å². The van der Waals surface area contributed by atoms with Crippen LogP contribution in [0.3, 0.4) is 0 Å². The first-order valence-corrected chi connectivity index (χ1v) is 9.43. The normalized spacial score (nSPS) is 9.81. The molecule has 2 N–H and O–H groups in total. The number of hydrogen-bond acceptors (Lipinski definition) is 6. The second-order valence-electron chi connectivity index (χ2n) is 5.11. The van der Waals surface area contributed by atoms with Crippen LogP contribution in [-0.4, -0.2) is 62.4 Å². The Bertz CT molecular complexity index is 428. The number of benzene rings is 1. The molecule has 0 fully saturated rings. The number of unbranched alkanes of at least 4 members (excludes halogenated alkanes) is 1. The predicted molar refractivity (Wildman–Crippen MR) is 109 cm³/mol. The summed E-state index contributed by atoms with van der Waals surface area (Å²) in [5, 5.41) is 16.2. The minimum atomic E-state index is -0.271. The van der Waals surface area contributed by atoms with Crippen molar-refractivity contribution in [2.45, 2.75) is 33.6 Å². The number of carbonyl (C=O) groups is 1. The molecule has 0 heterocycles. The van der Waals surface area contributed by atoms with Gasteiger partial charge in [-0.2, -0.15) is 0 Å². The molecule has 0 aliphatic carbocycles. The van der Waals surface area contributed by atoms with Crippen LogP contribution in [0.4, 0.5) is 0 Å². The Morgan fingerprint density at radius 2 is 1.52 bits per heavy atom. The second kappa shape index (κ2) is 24.3. The largest absolute Gasteiger partial charge is 0.463 e. The molecular weight excluding hydrogens is 348 g/mol. The summed E-state index contributed by atoms with van der Waals surface area (Å²) >= 11 is 0. The van der Waals surface area contributed by atoms with E-state index >= 15 is 0 Å².